The van der Waals surface area contributed by atoms with Gasteiger partial charge in [0, 0.05) is 11.4 Å². The maximum atomic E-state index is 12.4. The van der Waals surface area contributed by atoms with Crippen LogP contribution >= 0.6 is 11.8 Å². The third kappa shape index (κ3) is 5.09. The van der Waals surface area contributed by atoms with Crippen LogP contribution in [0.2, 0.25) is 0 Å². The van der Waals surface area contributed by atoms with Gasteiger partial charge in [-0.1, -0.05) is 12.8 Å². The second-order valence-electron chi connectivity index (χ2n) is 5.92. The number of pyridine rings is 1. The highest BCUT2D eigenvalue weighted by Crippen LogP contribution is 2.35. The smallest absolute Gasteiger partial charge is 0.254 e. The lowest BCUT2D eigenvalue weighted by Gasteiger charge is -2.12. The molecule has 0 radical (unpaired) electrons. The Bertz CT molecular complexity index is 712. The summed E-state index contributed by atoms with van der Waals surface area (Å²) in [5, 5.41) is 6.62. The Kier molecular flexibility index (Phi) is 6.11. The largest absolute Gasteiger partial charge is 0.467 e. The molecule has 1 fully saturated rings. The van der Waals surface area contributed by atoms with E-state index < -0.39 is 0 Å². The zero-order chi connectivity index (χ0) is 17.5. The van der Waals surface area contributed by atoms with E-state index in [0.717, 1.165) is 17.9 Å². The molecule has 0 aliphatic heterocycles. The average molecular weight is 359 g/mol. The van der Waals surface area contributed by atoms with Crippen molar-refractivity contribution in [2.24, 2.45) is 0 Å². The summed E-state index contributed by atoms with van der Waals surface area (Å²) >= 11 is 1.66. The molecule has 0 aromatic carbocycles. The van der Waals surface area contributed by atoms with Gasteiger partial charge in [0.05, 0.1) is 24.9 Å². The summed E-state index contributed by atoms with van der Waals surface area (Å²) in [7, 11) is 0. The van der Waals surface area contributed by atoms with E-state index in [-0.39, 0.29) is 18.4 Å². The van der Waals surface area contributed by atoms with Crippen molar-refractivity contribution in [3.8, 4) is 0 Å². The molecule has 2 aromatic heterocycles. The minimum Gasteiger partial charge on any atom is -0.467 e. The molecule has 0 spiro atoms. The number of nitrogens with one attached hydrogen (secondary N) is 2. The first-order valence-electron chi connectivity index (χ1n) is 8.41. The summed E-state index contributed by atoms with van der Waals surface area (Å²) in [5.74, 6) is 0.127. The molecule has 2 heterocycles. The molecule has 1 saturated carbocycles. The molecule has 132 valence electrons. The Balaban J connectivity index is 1.51. The summed E-state index contributed by atoms with van der Waals surface area (Å²) < 4.78 is 5.14. The highest BCUT2D eigenvalue weighted by molar-refractivity contribution is 7.99. The Morgan fingerprint density at radius 1 is 1.20 bits per heavy atom. The van der Waals surface area contributed by atoms with Crippen LogP contribution in [0.25, 0.3) is 0 Å². The number of furan rings is 1. The van der Waals surface area contributed by atoms with E-state index in [1.807, 2.05) is 0 Å². The molecule has 0 unspecified atom stereocenters. The standard InChI is InChI=1S/C18H21N3O3S/c22-16(20-11-13-5-4-10-24-13)12-21-17(23)15-8-3-9-19-18(15)25-14-6-1-2-7-14/h3-5,8-10,14H,1-2,6-7,11-12H2,(H,20,22)(H,21,23). The van der Waals surface area contributed by atoms with E-state index in [2.05, 4.69) is 15.6 Å². The maximum Gasteiger partial charge on any atom is 0.254 e. The Morgan fingerprint density at radius 3 is 2.80 bits per heavy atom. The van der Waals surface area contributed by atoms with Crippen molar-refractivity contribution >= 4 is 23.6 Å². The molecular formula is C18H21N3O3S. The summed E-state index contributed by atoms with van der Waals surface area (Å²) in [5.41, 5.74) is 0.526. The number of nitrogens with zero attached hydrogens (tertiary/aromatic N) is 1. The number of carbonyl (C=O) groups excluding carboxylic acids is 2. The topological polar surface area (TPSA) is 84.2 Å². The van der Waals surface area contributed by atoms with Crippen molar-refractivity contribution in [3.05, 3.63) is 48.0 Å². The van der Waals surface area contributed by atoms with Gasteiger partial charge in [0.15, 0.2) is 0 Å². The van der Waals surface area contributed by atoms with Gasteiger partial charge < -0.3 is 15.1 Å². The minimum atomic E-state index is -0.276. The van der Waals surface area contributed by atoms with Crippen molar-refractivity contribution in [1.82, 2.24) is 15.6 Å². The van der Waals surface area contributed by atoms with Crippen molar-refractivity contribution in [2.45, 2.75) is 42.5 Å². The fourth-order valence-corrected chi connectivity index (χ4v) is 4.03. The molecule has 1 aliphatic carbocycles. The molecule has 0 bridgehead atoms. The molecule has 1 aliphatic rings. The molecular weight excluding hydrogens is 338 g/mol. The minimum absolute atomic E-state index is 0.0814. The van der Waals surface area contributed by atoms with Crippen molar-refractivity contribution in [3.63, 3.8) is 0 Å². The summed E-state index contributed by atoms with van der Waals surface area (Å²) in [4.78, 5) is 28.6. The van der Waals surface area contributed by atoms with Gasteiger partial charge in [-0.15, -0.1) is 11.8 Å². The van der Waals surface area contributed by atoms with E-state index in [1.54, 1.807) is 48.5 Å². The third-order valence-electron chi connectivity index (χ3n) is 4.05. The lowest BCUT2D eigenvalue weighted by molar-refractivity contribution is -0.120. The Morgan fingerprint density at radius 2 is 2.04 bits per heavy atom. The number of rotatable bonds is 7. The number of hydrogen-bond donors (Lipinski definition) is 2. The number of hydrogen-bond acceptors (Lipinski definition) is 5. The normalized spacial score (nSPS) is 14.4. The second-order valence-corrected chi connectivity index (χ2v) is 7.21. The van der Waals surface area contributed by atoms with Gasteiger partial charge in [0.2, 0.25) is 5.91 Å². The second kappa shape index (κ2) is 8.71. The molecule has 7 heteroatoms. The molecule has 25 heavy (non-hydrogen) atoms. The fourth-order valence-electron chi connectivity index (χ4n) is 2.74. The quantitative estimate of drug-likeness (QED) is 0.794. The predicted molar refractivity (Wildman–Crippen MR) is 95.2 cm³/mol. The van der Waals surface area contributed by atoms with Gasteiger partial charge >= 0.3 is 0 Å². The number of carbonyl (C=O) groups is 2. The summed E-state index contributed by atoms with van der Waals surface area (Å²) in [6.45, 7) is 0.222. The van der Waals surface area contributed by atoms with Gasteiger partial charge in [0.25, 0.3) is 5.91 Å². The van der Waals surface area contributed by atoms with Gasteiger partial charge in [0.1, 0.15) is 10.8 Å². The first kappa shape index (κ1) is 17.5. The molecule has 6 nitrogen and oxygen atoms in total. The number of thioether (sulfide) groups is 1. The van der Waals surface area contributed by atoms with E-state index >= 15 is 0 Å². The molecule has 3 rings (SSSR count). The van der Waals surface area contributed by atoms with E-state index in [1.165, 1.54) is 12.8 Å². The van der Waals surface area contributed by atoms with Gasteiger partial charge in [-0.05, 0) is 37.1 Å². The SMILES string of the molecule is O=C(CNC(=O)c1cccnc1SC1CCCC1)NCc1ccco1. The van der Waals surface area contributed by atoms with E-state index in [9.17, 15) is 9.59 Å². The average Bonchev–Trinajstić information content (AvgIpc) is 3.32. The van der Waals surface area contributed by atoms with Gasteiger partial charge in [-0.2, -0.15) is 0 Å². The number of aromatic nitrogens is 1. The van der Waals surface area contributed by atoms with E-state index in [4.69, 9.17) is 4.42 Å². The molecule has 0 saturated heterocycles. The highest BCUT2D eigenvalue weighted by Gasteiger charge is 2.20. The van der Waals surface area contributed by atoms with Crippen LogP contribution in [0.3, 0.4) is 0 Å². The molecule has 2 aromatic rings. The highest BCUT2D eigenvalue weighted by atomic mass is 32.2. The van der Waals surface area contributed by atoms with Crippen molar-refractivity contribution in [2.75, 3.05) is 6.54 Å². The van der Waals surface area contributed by atoms with Crippen LogP contribution in [0.15, 0.2) is 46.2 Å². The molecule has 2 amide bonds. The van der Waals surface area contributed by atoms with Gasteiger partial charge in [-0.25, -0.2) is 4.98 Å². The fraction of sp³-hybridized carbons (Fsp3) is 0.389. The zero-order valence-electron chi connectivity index (χ0n) is 13.9. The zero-order valence-corrected chi connectivity index (χ0v) is 14.7. The monoisotopic (exact) mass is 359 g/mol. The van der Waals surface area contributed by atoms with Crippen molar-refractivity contribution in [1.29, 1.82) is 0 Å². The van der Waals surface area contributed by atoms with Crippen LogP contribution in [0, 0.1) is 0 Å². The first-order valence-corrected chi connectivity index (χ1v) is 9.29. The van der Waals surface area contributed by atoms with Crippen LogP contribution in [-0.2, 0) is 11.3 Å². The predicted octanol–water partition coefficient (Wildman–Crippen LogP) is 2.76. The number of amides is 2. The summed E-state index contributed by atoms with van der Waals surface area (Å²) in [6.07, 6.45) is 8.05. The maximum absolute atomic E-state index is 12.4. The summed E-state index contributed by atoms with van der Waals surface area (Å²) in [6, 6.07) is 7.03. The van der Waals surface area contributed by atoms with Crippen LogP contribution in [-0.4, -0.2) is 28.6 Å². The first-order chi connectivity index (χ1) is 12.2. The Labute approximate surface area is 150 Å². The van der Waals surface area contributed by atoms with Crippen LogP contribution in [0.4, 0.5) is 0 Å². The molecule has 2 N–H and O–H groups in total. The van der Waals surface area contributed by atoms with Crippen LogP contribution in [0.5, 0.6) is 0 Å². The van der Waals surface area contributed by atoms with Crippen molar-refractivity contribution < 1.29 is 14.0 Å². The molecule has 0 atom stereocenters. The third-order valence-corrected chi connectivity index (χ3v) is 5.40. The lowest BCUT2D eigenvalue weighted by Crippen LogP contribution is -2.36. The van der Waals surface area contributed by atoms with Gasteiger partial charge in [-0.3, -0.25) is 9.59 Å². The van der Waals surface area contributed by atoms with E-state index in [0.29, 0.717) is 23.1 Å². The lowest BCUT2D eigenvalue weighted by atomic mass is 10.2. The van der Waals surface area contributed by atoms with Crippen LogP contribution < -0.4 is 10.6 Å². The van der Waals surface area contributed by atoms with Crippen LogP contribution in [0.1, 0.15) is 41.8 Å². The Hall–Kier alpha value is -2.28.